The summed E-state index contributed by atoms with van der Waals surface area (Å²) < 4.78 is 19.0. The van der Waals surface area contributed by atoms with Crippen molar-refractivity contribution in [2.45, 2.75) is 30.1 Å². The van der Waals surface area contributed by atoms with E-state index in [0.717, 1.165) is 22.3 Å². The molecule has 0 saturated heterocycles. The van der Waals surface area contributed by atoms with Crippen LogP contribution in [-0.4, -0.2) is 31.3 Å². The largest absolute Gasteiger partial charge is 0.453 e. The molecule has 5 nitrogen and oxygen atoms in total. The van der Waals surface area contributed by atoms with Gasteiger partial charge in [0.1, 0.15) is 0 Å². The molecule has 0 heterocycles. The quantitative estimate of drug-likeness (QED) is 0.338. The lowest BCUT2D eigenvalue weighted by molar-refractivity contribution is -0.167. The molecular weight excluding hydrogens is 464 g/mol. The molecule has 2 bridgehead atoms. The zero-order chi connectivity index (χ0) is 25.6. The lowest BCUT2D eigenvalue weighted by Crippen LogP contribution is -2.67. The van der Waals surface area contributed by atoms with Gasteiger partial charge in [-0.3, -0.25) is 0 Å². The summed E-state index contributed by atoms with van der Waals surface area (Å²) in [5.74, 6) is -0.991. The number of hydrogen-bond acceptors (Lipinski definition) is 5. The summed E-state index contributed by atoms with van der Waals surface area (Å²) in [6.45, 7) is 2.05. The van der Waals surface area contributed by atoms with E-state index >= 15 is 0 Å². The molecule has 5 heteroatoms. The lowest BCUT2D eigenvalue weighted by atomic mass is 9.51. The number of hydrogen-bond donors (Lipinski definition) is 0. The van der Waals surface area contributed by atoms with Gasteiger partial charge in [-0.25, -0.2) is 9.59 Å². The summed E-state index contributed by atoms with van der Waals surface area (Å²) in [5.41, 5.74) is 2.63. The molecule has 0 N–H and O–H groups in total. The van der Waals surface area contributed by atoms with Crippen LogP contribution in [0.2, 0.25) is 0 Å². The first-order chi connectivity index (χ1) is 18.0. The van der Waals surface area contributed by atoms with Gasteiger partial charge in [0.05, 0.1) is 16.5 Å². The highest BCUT2D eigenvalue weighted by atomic mass is 16.6. The predicted molar refractivity (Wildman–Crippen MR) is 138 cm³/mol. The van der Waals surface area contributed by atoms with E-state index in [4.69, 9.17) is 14.2 Å². The normalized spacial score (nSPS) is 25.0. The molecule has 0 spiro atoms. The third kappa shape index (κ3) is 3.27. The Morgan fingerprint density at radius 2 is 0.946 bits per heavy atom. The molecule has 0 amide bonds. The highest BCUT2D eigenvalue weighted by molar-refractivity contribution is 5.91. The summed E-state index contributed by atoms with van der Waals surface area (Å²) in [6, 6.07) is 33.6. The minimum absolute atomic E-state index is 0.412. The van der Waals surface area contributed by atoms with Gasteiger partial charge < -0.3 is 14.2 Å². The topological polar surface area (TPSA) is 61.8 Å². The fourth-order valence-electron chi connectivity index (χ4n) is 6.11. The van der Waals surface area contributed by atoms with E-state index < -0.39 is 35.2 Å². The van der Waals surface area contributed by atoms with Crippen molar-refractivity contribution in [1.29, 1.82) is 0 Å². The van der Waals surface area contributed by atoms with Gasteiger partial charge >= 0.3 is 11.9 Å². The Bertz CT molecular complexity index is 1430. The zero-order valence-corrected chi connectivity index (χ0v) is 20.6. The Morgan fingerprint density at radius 3 is 1.38 bits per heavy atom. The number of rotatable bonds is 5. The molecule has 3 aliphatic rings. The Kier molecular flexibility index (Phi) is 5.46. The number of carbonyl (C=O) groups excluding carboxylic acids is 2. The maximum Gasteiger partial charge on any atom is 0.338 e. The van der Waals surface area contributed by atoms with E-state index in [2.05, 4.69) is 6.92 Å². The van der Waals surface area contributed by atoms with E-state index in [0.29, 0.717) is 11.1 Å². The van der Waals surface area contributed by atoms with Crippen molar-refractivity contribution in [2.75, 3.05) is 7.11 Å². The first-order valence-corrected chi connectivity index (χ1v) is 12.3. The van der Waals surface area contributed by atoms with Crippen molar-refractivity contribution >= 4 is 11.9 Å². The second kappa shape index (κ2) is 8.71. The van der Waals surface area contributed by atoms with E-state index in [1.165, 1.54) is 0 Å². The van der Waals surface area contributed by atoms with Gasteiger partial charge in [-0.1, -0.05) is 84.9 Å². The average molecular weight is 491 g/mol. The van der Waals surface area contributed by atoms with Crippen LogP contribution >= 0.6 is 0 Å². The number of carbonyl (C=O) groups is 2. The summed E-state index contributed by atoms with van der Waals surface area (Å²) in [4.78, 5) is 26.9. The maximum atomic E-state index is 13.5. The van der Waals surface area contributed by atoms with Gasteiger partial charge in [0.25, 0.3) is 0 Å². The van der Waals surface area contributed by atoms with Gasteiger partial charge in [0.15, 0.2) is 17.8 Å². The second-order valence-electron chi connectivity index (χ2n) is 9.62. The number of methoxy groups -OCH3 is 1. The van der Waals surface area contributed by atoms with E-state index in [1.807, 2.05) is 60.7 Å². The smallest absolute Gasteiger partial charge is 0.338 e. The molecule has 7 rings (SSSR count). The van der Waals surface area contributed by atoms with Crippen molar-refractivity contribution in [3.8, 4) is 0 Å². The molecule has 0 radical (unpaired) electrons. The minimum atomic E-state index is -1.17. The number of esters is 2. The Morgan fingerprint density at radius 1 is 0.568 bits per heavy atom. The summed E-state index contributed by atoms with van der Waals surface area (Å²) in [5, 5.41) is 0. The Labute approximate surface area is 215 Å². The van der Waals surface area contributed by atoms with Crippen LogP contribution in [0.3, 0.4) is 0 Å². The van der Waals surface area contributed by atoms with Crippen LogP contribution in [0.1, 0.15) is 49.9 Å². The molecule has 184 valence electrons. The van der Waals surface area contributed by atoms with Gasteiger partial charge in [0.2, 0.25) is 0 Å². The number of fused-ring (bicyclic) bond motifs is 1. The van der Waals surface area contributed by atoms with Gasteiger partial charge in [0, 0.05) is 7.11 Å². The summed E-state index contributed by atoms with van der Waals surface area (Å²) >= 11 is 0. The fourth-order valence-corrected chi connectivity index (χ4v) is 6.11. The van der Waals surface area contributed by atoms with Crippen LogP contribution in [0.4, 0.5) is 0 Å². The van der Waals surface area contributed by atoms with Crippen molar-refractivity contribution < 1.29 is 23.8 Å². The summed E-state index contributed by atoms with van der Waals surface area (Å²) in [7, 11) is 1.61. The van der Waals surface area contributed by atoms with Crippen molar-refractivity contribution in [1.82, 2.24) is 0 Å². The fraction of sp³-hybridized carbons (Fsp3) is 0.188. The van der Waals surface area contributed by atoms with Crippen molar-refractivity contribution in [2.24, 2.45) is 0 Å². The Balaban J connectivity index is 1.57. The number of benzene rings is 4. The van der Waals surface area contributed by atoms with Crippen molar-refractivity contribution in [3.05, 3.63) is 143 Å². The average Bonchev–Trinajstić information content (AvgIpc) is 2.96. The third-order valence-corrected chi connectivity index (χ3v) is 7.83. The third-order valence-electron chi connectivity index (χ3n) is 7.83. The first kappa shape index (κ1) is 23.2. The molecule has 37 heavy (non-hydrogen) atoms. The molecule has 0 unspecified atom stereocenters. The molecule has 2 atom stereocenters. The van der Waals surface area contributed by atoms with Crippen LogP contribution in [0.5, 0.6) is 0 Å². The highest BCUT2D eigenvalue weighted by Crippen LogP contribution is 2.61. The second-order valence-corrected chi connectivity index (χ2v) is 9.62. The molecule has 0 aliphatic heterocycles. The maximum absolute atomic E-state index is 13.5. The Hall–Kier alpha value is -4.22. The van der Waals surface area contributed by atoms with Crippen LogP contribution in [0.25, 0.3) is 0 Å². The monoisotopic (exact) mass is 490 g/mol. The zero-order valence-electron chi connectivity index (χ0n) is 20.6. The predicted octanol–water partition coefficient (Wildman–Crippen LogP) is 5.66. The van der Waals surface area contributed by atoms with Gasteiger partial charge in [-0.05, 0) is 53.4 Å². The van der Waals surface area contributed by atoms with Gasteiger partial charge in [-0.15, -0.1) is 0 Å². The van der Waals surface area contributed by atoms with Crippen LogP contribution in [0.15, 0.2) is 109 Å². The lowest BCUT2D eigenvalue weighted by Gasteiger charge is -2.59. The van der Waals surface area contributed by atoms with E-state index in [9.17, 15) is 9.59 Å². The molecule has 4 aromatic rings. The molecule has 0 fully saturated rings. The van der Waals surface area contributed by atoms with Crippen LogP contribution in [0, 0.1) is 0 Å². The molecule has 4 aromatic carbocycles. The highest BCUT2D eigenvalue weighted by Gasteiger charge is 2.68. The summed E-state index contributed by atoms with van der Waals surface area (Å²) in [6.07, 6.45) is -1.79. The van der Waals surface area contributed by atoms with Crippen LogP contribution < -0.4 is 0 Å². The molecule has 3 aliphatic carbocycles. The van der Waals surface area contributed by atoms with E-state index in [-0.39, 0.29) is 0 Å². The molecule has 0 saturated carbocycles. The van der Waals surface area contributed by atoms with Gasteiger partial charge in [-0.2, -0.15) is 0 Å². The minimum Gasteiger partial charge on any atom is -0.453 e. The first-order valence-electron chi connectivity index (χ1n) is 12.3. The van der Waals surface area contributed by atoms with E-state index in [1.54, 1.807) is 55.6 Å². The molecule has 0 aromatic heterocycles. The number of ether oxygens (including phenoxy) is 3. The van der Waals surface area contributed by atoms with Crippen LogP contribution in [-0.2, 0) is 25.2 Å². The SMILES string of the molecule is COC12c3ccccc3C(C)(c3ccccc31)[C@H](OC(=O)c1ccccc1)[C@@H]2OC(=O)c1ccccc1. The van der Waals surface area contributed by atoms with Crippen molar-refractivity contribution in [3.63, 3.8) is 0 Å². The molecular formula is C32H26O5. The standard InChI is InChI=1S/C32H26O5/c1-31-23-17-9-11-19-25(23)32(35-2,26-20-12-10-18-24(26)31)28(37-30(34)22-15-7-4-8-16-22)27(31)36-29(33)21-13-5-3-6-14-21/h3-20,27-28H,1-2H3/t27-,28+,31?,32?/m1/s1.